The molecule has 0 spiro atoms. The fourth-order valence-electron chi connectivity index (χ4n) is 4.15. The van der Waals surface area contributed by atoms with E-state index in [2.05, 4.69) is 17.6 Å². The molecule has 35 heavy (non-hydrogen) atoms. The lowest BCUT2D eigenvalue weighted by molar-refractivity contribution is -0.139. The maximum absolute atomic E-state index is 13.3. The lowest BCUT2D eigenvalue weighted by Crippen LogP contribution is -2.48. The molecule has 0 saturated heterocycles. The van der Waals surface area contributed by atoms with E-state index in [4.69, 9.17) is 4.74 Å². The highest BCUT2D eigenvalue weighted by molar-refractivity contribution is 6.04. The van der Waals surface area contributed by atoms with Crippen LogP contribution < -0.4 is 10.6 Å². The molecular formula is C28H35N3O4. The van der Waals surface area contributed by atoms with Crippen molar-refractivity contribution in [3.8, 4) is 0 Å². The second kappa shape index (κ2) is 12.2. The number of anilines is 1. The number of ether oxygens (including phenoxy) is 1. The molecule has 2 aromatic carbocycles. The van der Waals surface area contributed by atoms with Gasteiger partial charge in [-0.1, -0.05) is 69.7 Å². The van der Waals surface area contributed by atoms with Crippen LogP contribution in [0.2, 0.25) is 0 Å². The Bertz CT molecular complexity index is 1080. The quantitative estimate of drug-likeness (QED) is 0.442. The number of amides is 3. The molecule has 0 fully saturated rings. The van der Waals surface area contributed by atoms with Crippen molar-refractivity contribution in [3.05, 3.63) is 71.3 Å². The van der Waals surface area contributed by atoms with Crippen molar-refractivity contribution in [2.24, 2.45) is 5.92 Å². The Morgan fingerprint density at radius 3 is 2.49 bits per heavy atom. The van der Waals surface area contributed by atoms with Crippen LogP contribution in [0.1, 0.15) is 64.1 Å². The number of esters is 1. The van der Waals surface area contributed by atoms with Crippen molar-refractivity contribution in [3.63, 3.8) is 0 Å². The summed E-state index contributed by atoms with van der Waals surface area (Å²) in [7, 11) is 0. The minimum Gasteiger partial charge on any atom is -0.463 e. The summed E-state index contributed by atoms with van der Waals surface area (Å²) in [6.45, 7) is 8.48. The summed E-state index contributed by atoms with van der Waals surface area (Å²) in [5, 5.41) is 5.93. The van der Waals surface area contributed by atoms with Crippen molar-refractivity contribution >= 4 is 29.3 Å². The molecule has 0 aromatic heterocycles. The third-order valence-electron chi connectivity index (χ3n) is 5.70. The van der Waals surface area contributed by atoms with Gasteiger partial charge in [-0.25, -0.2) is 9.59 Å². The van der Waals surface area contributed by atoms with Crippen LogP contribution in [0.5, 0.6) is 0 Å². The van der Waals surface area contributed by atoms with Gasteiger partial charge in [0.1, 0.15) is 0 Å². The third-order valence-corrected chi connectivity index (χ3v) is 5.70. The number of rotatable bonds is 10. The molecule has 0 bridgehead atoms. The van der Waals surface area contributed by atoms with Gasteiger partial charge in [0, 0.05) is 18.7 Å². The smallest absolute Gasteiger partial charge is 0.338 e. The Balaban J connectivity index is 2.13. The van der Waals surface area contributed by atoms with Crippen LogP contribution in [0.25, 0.3) is 5.70 Å². The summed E-state index contributed by atoms with van der Waals surface area (Å²) in [6, 6.07) is 15.7. The lowest BCUT2D eigenvalue weighted by Gasteiger charge is -2.37. The molecule has 1 aliphatic heterocycles. The molecule has 3 amide bonds. The summed E-state index contributed by atoms with van der Waals surface area (Å²) < 4.78 is 5.47. The average Bonchev–Trinajstić information content (AvgIpc) is 2.83. The first-order valence-corrected chi connectivity index (χ1v) is 12.3. The predicted octanol–water partition coefficient (Wildman–Crippen LogP) is 5.51. The molecule has 2 N–H and O–H groups in total. The average molecular weight is 478 g/mol. The number of unbranched alkanes of at least 4 members (excludes halogenated alkanes) is 1. The first-order valence-electron chi connectivity index (χ1n) is 12.3. The van der Waals surface area contributed by atoms with Crippen molar-refractivity contribution in [2.75, 3.05) is 18.5 Å². The summed E-state index contributed by atoms with van der Waals surface area (Å²) in [5.41, 5.74) is 3.00. The highest BCUT2D eigenvalue weighted by Crippen LogP contribution is 2.37. The van der Waals surface area contributed by atoms with E-state index in [-0.39, 0.29) is 24.5 Å². The summed E-state index contributed by atoms with van der Waals surface area (Å²) in [4.78, 5) is 40.6. The van der Waals surface area contributed by atoms with Crippen LogP contribution in [0, 0.1) is 5.92 Å². The van der Waals surface area contributed by atoms with E-state index in [1.165, 1.54) is 0 Å². The topological polar surface area (TPSA) is 87.7 Å². The zero-order valence-electron chi connectivity index (χ0n) is 21.0. The molecule has 1 atom stereocenters. The number of hydrogen-bond donors (Lipinski definition) is 2. The van der Waals surface area contributed by atoms with E-state index in [9.17, 15) is 14.4 Å². The molecule has 1 aliphatic rings. The molecule has 0 radical (unpaired) electrons. The predicted molar refractivity (Wildman–Crippen MR) is 137 cm³/mol. The van der Waals surface area contributed by atoms with Gasteiger partial charge in [-0.15, -0.1) is 0 Å². The van der Waals surface area contributed by atoms with Crippen LogP contribution in [0.4, 0.5) is 10.5 Å². The standard InChI is InChI=1S/C28H35N3O4/c1-5-7-16-31-26(20-12-9-8-10-13-20)24(27(33)35-6-2)25(30-28(31)34)21-14-11-15-22(18-21)29-23(32)17-19(3)4/h8-15,18-19,25H,5-7,16-17H2,1-4H3,(H,29,32)(H,30,34)/t25-/m0/s1. The van der Waals surface area contributed by atoms with Crippen molar-refractivity contribution < 1.29 is 19.1 Å². The number of urea groups is 1. The fourth-order valence-corrected chi connectivity index (χ4v) is 4.15. The van der Waals surface area contributed by atoms with Gasteiger partial charge in [-0.2, -0.15) is 0 Å². The molecule has 0 unspecified atom stereocenters. The Morgan fingerprint density at radius 1 is 1.09 bits per heavy atom. The molecule has 186 valence electrons. The van der Waals surface area contributed by atoms with E-state index in [1.54, 1.807) is 30.0 Å². The second-order valence-corrected chi connectivity index (χ2v) is 9.01. The third kappa shape index (κ3) is 6.50. The van der Waals surface area contributed by atoms with E-state index < -0.39 is 12.0 Å². The first-order chi connectivity index (χ1) is 16.8. The second-order valence-electron chi connectivity index (χ2n) is 9.01. The molecule has 7 heteroatoms. The van der Waals surface area contributed by atoms with Gasteiger partial charge < -0.3 is 15.4 Å². The maximum Gasteiger partial charge on any atom is 0.338 e. The lowest BCUT2D eigenvalue weighted by atomic mass is 9.91. The van der Waals surface area contributed by atoms with Crippen molar-refractivity contribution in [2.45, 2.75) is 53.0 Å². The van der Waals surface area contributed by atoms with E-state index in [0.29, 0.717) is 35.5 Å². The SMILES string of the molecule is CCCCN1C(=O)N[C@@H](c2cccc(NC(=O)CC(C)C)c2)C(C(=O)OCC)=C1c1ccccc1. The minimum atomic E-state index is -0.725. The van der Waals surface area contributed by atoms with Crippen LogP contribution in [0.15, 0.2) is 60.2 Å². The number of nitrogens with zero attached hydrogens (tertiary/aromatic N) is 1. The van der Waals surface area contributed by atoms with Gasteiger partial charge in [0.2, 0.25) is 5.91 Å². The van der Waals surface area contributed by atoms with Crippen LogP contribution >= 0.6 is 0 Å². The van der Waals surface area contributed by atoms with Gasteiger partial charge in [0.15, 0.2) is 0 Å². The summed E-state index contributed by atoms with van der Waals surface area (Å²) in [6.07, 6.45) is 2.10. The molecule has 2 aromatic rings. The van der Waals surface area contributed by atoms with Crippen LogP contribution in [-0.4, -0.2) is 36.0 Å². The zero-order valence-corrected chi connectivity index (χ0v) is 21.0. The van der Waals surface area contributed by atoms with E-state index in [0.717, 1.165) is 18.4 Å². The van der Waals surface area contributed by atoms with Gasteiger partial charge in [-0.05, 0) is 42.5 Å². The Kier molecular flexibility index (Phi) is 9.06. The van der Waals surface area contributed by atoms with E-state index >= 15 is 0 Å². The van der Waals surface area contributed by atoms with Crippen LogP contribution in [-0.2, 0) is 14.3 Å². The number of carbonyl (C=O) groups is 3. The van der Waals surface area contributed by atoms with Gasteiger partial charge in [0.05, 0.1) is 23.9 Å². The maximum atomic E-state index is 13.3. The Hall–Kier alpha value is -3.61. The monoisotopic (exact) mass is 477 g/mol. The number of carbonyl (C=O) groups excluding carboxylic acids is 3. The van der Waals surface area contributed by atoms with Crippen molar-refractivity contribution in [1.29, 1.82) is 0 Å². The molecule has 1 heterocycles. The first kappa shape index (κ1) is 26.0. The number of hydrogen-bond acceptors (Lipinski definition) is 4. The number of benzene rings is 2. The molecule has 7 nitrogen and oxygen atoms in total. The van der Waals surface area contributed by atoms with E-state index in [1.807, 2.05) is 50.2 Å². The van der Waals surface area contributed by atoms with Gasteiger partial charge in [0.25, 0.3) is 0 Å². The van der Waals surface area contributed by atoms with Gasteiger partial charge >= 0.3 is 12.0 Å². The summed E-state index contributed by atoms with van der Waals surface area (Å²) >= 11 is 0. The fraction of sp³-hybridized carbons (Fsp3) is 0.393. The number of nitrogens with one attached hydrogen (secondary N) is 2. The molecule has 0 saturated carbocycles. The highest BCUT2D eigenvalue weighted by atomic mass is 16.5. The largest absolute Gasteiger partial charge is 0.463 e. The molecule has 0 aliphatic carbocycles. The normalized spacial score (nSPS) is 15.7. The highest BCUT2D eigenvalue weighted by Gasteiger charge is 2.38. The molecular weight excluding hydrogens is 442 g/mol. The van der Waals surface area contributed by atoms with Gasteiger partial charge in [-0.3, -0.25) is 9.69 Å². The Labute approximate surface area is 207 Å². The molecule has 3 rings (SSSR count). The summed E-state index contributed by atoms with van der Waals surface area (Å²) in [5.74, 6) is -0.328. The minimum absolute atomic E-state index is 0.0818. The van der Waals surface area contributed by atoms with Crippen molar-refractivity contribution in [1.82, 2.24) is 10.2 Å². The van der Waals surface area contributed by atoms with Crippen LogP contribution in [0.3, 0.4) is 0 Å². The zero-order chi connectivity index (χ0) is 25.4. The Morgan fingerprint density at radius 2 is 1.83 bits per heavy atom.